The van der Waals surface area contributed by atoms with Crippen molar-refractivity contribution in [2.45, 2.75) is 12.5 Å². The second-order valence-corrected chi connectivity index (χ2v) is 2.91. The number of hydrogen-bond acceptors (Lipinski definition) is 2. The van der Waals surface area contributed by atoms with Crippen LogP contribution < -0.4 is 5.48 Å². The molecule has 1 N–H and O–H groups in total. The number of nitrogens with one attached hydrogen (secondary N) is 1. The summed E-state index contributed by atoms with van der Waals surface area (Å²) in [5.74, 6) is 0. The summed E-state index contributed by atoms with van der Waals surface area (Å²) in [5.41, 5.74) is 4.03. The molecule has 2 rings (SSSR count). The van der Waals surface area contributed by atoms with E-state index in [2.05, 4.69) is 24.5 Å². The highest BCUT2D eigenvalue weighted by atomic mass is 16.7. The minimum Gasteiger partial charge on any atom is -0.292 e. The lowest BCUT2D eigenvalue weighted by atomic mass is 9.92. The van der Waals surface area contributed by atoms with Gasteiger partial charge in [0.1, 0.15) is 6.61 Å². The molecular weight excluding hydrogens is 138 g/mol. The van der Waals surface area contributed by atoms with Crippen molar-refractivity contribution in [2.24, 2.45) is 0 Å². The molecule has 2 nitrogen and oxygen atoms in total. The molecule has 1 aromatic rings. The van der Waals surface area contributed by atoms with Gasteiger partial charge in [-0.25, -0.2) is 0 Å². The van der Waals surface area contributed by atoms with E-state index in [-0.39, 0.29) is 5.54 Å². The smallest absolute Gasteiger partial charge is 0.134 e. The van der Waals surface area contributed by atoms with Crippen LogP contribution >= 0.6 is 0 Å². The van der Waals surface area contributed by atoms with Crippen LogP contribution in [-0.4, -0.2) is 0 Å². The molecule has 1 radical (unpaired) electrons. The monoisotopic (exact) mass is 148 g/mol. The number of rotatable bonds is 1. The lowest BCUT2D eigenvalue weighted by Crippen LogP contribution is -2.50. The van der Waals surface area contributed by atoms with E-state index >= 15 is 0 Å². The fourth-order valence-corrected chi connectivity index (χ4v) is 1.15. The van der Waals surface area contributed by atoms with Crippen molar-refractivity contribution in [1.29, 1.82) is 0 Å². The van der Waals surface area contributed by atoms with E-state index in [1.165, 1.54) is 5.56 Å². The Labute approximate surface area is 66.1 Å². The Kier molecular flexibility index (Phi) is 1.44. The van der Waals surface area contributed by atoms with Gasteiger partial charge in [-0.15, -0.1) is 0 Å². The van der Waals surface area contributed by atoms with Gasteiger partial charge < -0.3 is 0 Å². The Balaban J connectivity index is 2.29. The van der Waals surface area contributed by atoms with Crippen molar-refractivity contribution in [3.05, 3.63) is 42.5 Å². The van der Waals surface area contributed by atoms with Gasteiger partial charge in [0.05, 0.1) is 5.54 Å². The fourth-order valence-electron chi connectivity index (χ4n) is 1.15. The van der Waals surface area contributed by atoms with Crippen molar-refractivity contribution in [1.82, 2.24) is 5.48 Å². The third-order valence-electron chi connectivity index (χ3n) is 1.94. The van der Waals surface area contributed by atoms with Crippen LogP contribution in [0.5, 0.6) is 0 Å². The van der Waals surface area contributed by atoms with Crippen molar-refractivity contribution in [2.75, 3.05) is 0 Å². The molecule has 0 aromatic heterocycles. The Morgan fingerprint density at radius 3 is 2.36 bits per heavy atom. The average molecular weight is 148 g/mol. The van der Waals surface area contributed by atoms with Crippen molar-refractivity contribution in [3.8, 4) is 0 Å². The van der Waals surface area contributed by atoms with E-state index < -0.39 is 0 Å². The predicted molar refractivity (Wildman–Crippen MR) is 42.3 cm³/mol. The molecule has 1 saturated heterocycles. The number of hydrogen-bond donors (Lipinski definition) is 1. The third-order valence-corrected chi connectivity index (χ3v) is 1.94. The van der Waals surface area contributed by atoms with Gasteiger partial charge in [-0.05, 0) is 12.5 Å². The normalized spacial score (nSPS) is 29.5. The molecule has 1 aliphatic heterocycles. The lowest BCUT2D eigenvalue weighted by Gasteiger charge is -2.38. The molecule has 1 atom stereocenters. The van der Waals surface area contributed by atoms with Gasteiger partial charge in [0.2, 0.25) is 0 Å². The minimum atomic E-state index is -0.0821. The van der Waals surface area contributed by atoms with Gasteiger partial charge in [-0.1, -0.05) is 30.3 Å². The summed E-state index contributed by atoms with van der Waals surface area (Å²) in [6, 6.07) is 10.2. The maximum Gasteiger partial charge on any atom is 0.134 e. The Hall–Kier alpha value is -0.860. The molecule has 11 heavy (non-hydrogen) atoms. The Bertz CT molecular complexity index is 241. The first-order valence-corrected chi connectivity index (χ1v) is 3.64. The Morgan fingerprint density at radius 2 is 1.91 bits per heavy atom. The molecule has 0 bridgehead atoms. The van der Waals surface area contributed by atoms with Gasteiger partial charge in [0.15, 0.2) is 0 Å². The third kappa shape index (κ3) is 1.04. The molecule has 1 aromatic carbocycles. The Morgan fingerprint density at radius 1 is 1.27 bits per heavy atom. The maximum atomic E-state index is 4.82. The van der Waals surface area contributed by atoms with Crippen LogP contribution in [0, 0.1) is 6.61 Å². The summed E-state index contributed by atoms with van der Waals surface area (Å²) in [7, 11) is 0. The highest BCUT2D eigenvalue weighted by Crippen LogP contribution is 2.29. The molecular formula is C9H10NO. The van der Waals surface area contributed by atoms with Crippen molar-refractivity contribution in [3.63, 3.8) is 0 Å². The van der Waals surface area contributed by atoms with E-state index in [1.807, 2.05) is 18.2 Å². The largest absolute Gasteiger partial charge is 0.292 e. The van der Waals surface area contributed by atoms with Crippen LogP contribution in [0.15, 0.2) is 30.3 Å². The van der Waals surface area contributed by atoms with Crippen LogP contribution in [0.3, 0.4) is 0 Å². The predicted octanol–water partition coefficient (Wildman–Crippen LogP) is 1.60. The van der Waals surface area contributed by atoms with Crippen molar-refractivity contribution >= 4 is 0 Å². The van der Waals surface area contributed by atoms with E-state index in [0.29, 0.717) is 0 Å². The fraction of sp³-hybridized carbons (Fsp3) is 0.222. The summed E-state index contributed by atoms with van der Waals surface area (Å²) in [4.78, 5) is 4.82. The SMILES string of the molecule is CC1(c2ccccc2)[CH]ON1. The molecule has 1 fully saturated rings. The highest BCUT2D eigenvalue weighted by molar-refractivity contribution is 5.27. The van der Waals surface area contributed by atoms with Crippen LogP contribution in [-0.2, 0) is 10.4 Å². The number of benzene rings is 1. The standard InChI is InChI=1S/C9H10NO/c1-9(7-11-10-9)8-5-3-2-4-6-8/h2-7,10H,1H3. The molecule has 1 unspecified atom stereocenters. The van der Waals surface area contributed by atoms with Gasteiger partial charge in [-0.3, -0.25) is 4.84 Å². The molecule has 0 saturated carbocycles. The van der Waals surface area contributed by atoms with Crippen LogP contribution in [0.2, 0.25) is 0 Å². The zero-order valence-corrected chi connectivity index (χ0v) is 6.37. The van der Waals surface area contributed by atoms with Crippen molar-refractivity contribution < 1.29 is 4.84 Å². The molecule has 1 aliphatic rings. The quantitative estimate of drug-likeness (QED) is 0.653. The van der Waals surface area contributed by atoms with Crippen LogP contribution in [0.25, 0.3) is 0 Å². The first-order chi connectivity index (χ1) is 5.31. The number of hydroxylamine groups is 1. The molecule has 0 aliphatic carbocycles. The summed E-state index contributed by atoms with van der Waals surface area (Å²) < 4.78 is 0. The molecule has 1 heterocycles. The second kappa shape index (κ2) is 2.32. The molecule has 0 amide bonds. The molecule has 2 heteroatoms. The van der Waals surface area contributed by atoms with E-state index in [0.717, 1.165) is 0 Å². The summed E-state index contributed by atoms with van der Waals surface area (Å²) in [6.07, 6.45) is 0. The minimum absolute atomic E-state index is 0.0821. The second-order valence-electron chi connectivity index (χ2n) is 2.91. The summed E-state index contributed by atoms with van der Waals surface area (Å²) in [5, 5.41) is 0. The summed E-state index contributed by atoms with van der Waals surface area (Å²) >= 11 is 0. The van der Waals surface area contributed by atoms with Gasteiger partial charge >= 0.3 is 0 Å². The zero-order chi connectivity index (χ0) is 7.73. The topological polar surface area (TPSA) is 21.3 Å². The van der Waals surface area contributed by atoms with Crippen LogP contribution in [0.4, 0.5) is 0 Å². The lowest BCUT2D eigenvalue weighted by molar-refractivity contribution is -0.0965. The molecule has 57 valence electrons. The zero-order valence-electron chi connectivity index (χ0n) is 6.37. The molecule has 0 spiro atoms. The summed E-state index contributed by atoms with van der Waals surface area (Å²) in [6.45, 7) is 3.87. The first-order valence-electron chi connectivity index (χ1n) is 3.64. The van der Waals surface area contributed by atoms with E-state index in [1.54, 1.807) is 6.61 Å². The van der Waals surface area contributed by atoms with Crippen LogP contribution in [0.1, 0.15) is 12.5 Å². The van der Waals surface area contributed by atoms with Gasteiger partial charge in [0, 0.05) is 0 Å². The first kappa shape index (κ1) is 6.83. The van der Waals surface area contributed by atoms with Gasteiger partial charge in [-0.2, -0.15) is 5.48 Å². The highest BCUT2D eigenvalue weighted by Gasteiger charge is 2.35. The van der Waals surface area contributed by atoms with E-state index in [9.17, 15) is 0 Å². The maximum absolute atomic E-state index is 4.82. The van der Waals surface area contributed by atoms with Gasteiger partial charge in [0.25, 0.3) is 0 Å². The van der Waals surface area contributed by atoms with E-state index in [4.69, 9.17) is 4.84 Å². The average Bonchev–Trinajstić information content (AvgIpc) is 2.02.